The van der Waals surface area contributed by atoms with Crippen LogP contribution in [0.15, 0.2) is 28.7 Å². The van der Waals surface area contributed by atoms with E-state index in [1.54, 1.807) is 25.1 Å². The summed E-state index contributed by atoms with van der Waals surface area (Å²) in [7, 11) is 0. The molecule has 1 atom stereocenters. The molecule has 2 aromatic rings. The largest absolute Gasteiger partial charge is 0.455 e. The first kappa shape index (κ1) is 11.1. The molecule has 2 rings (SSSR count). The molecule has 0 saturated carbocycles. The third kappa shape index (κ3) is 1.83. The van der Waals surface area contributed by atoms with E-state index in [1.165, 1.54) is 6.07 Å². The third-order valence-electron chi connectivity index (χ3n) is 2.76. The number of rotatable bonds is 3. The lowest BCUT2D eigenvalue weighted by atomic mass is 9.97. The summed E-state index contributed by atoms with van der Waals surface area (Å²) in [6.45, 7) is 3.67. The topological polar surface area (TPSA) is 33.4 Å². The van der Waals surface area contributed by atoms with Gasteiger partial charge in [-0.3, -0.25) is 0 Å². The monoisotopic (exact) mass is 222 g/mol. The Morgan fingerprint density at radius 3 is 2.81 bits per heavy atom. The first-order chi connectivity index (χ1) is 7.54. The molecule has 0 spiro atoms. The fourth-order valence-corrected chi connectivity index (χ4v) is 1.90. The van der Waals surface area contributed by atoms with E-state index in [0.29, 0.717) is 17.6 Å². The van der Waals surface area contributed by atoms with Gasteiger partial charge in [-0.25, -0.2) is 4.39 Å². The zero-order valence-electron chi connectivity index (χ0n) is 9.46. The highest BCUT2D eigenvalue weighted by atomic mass is 19.1. The van der Waals surface area contributed by atoms with Gasteiger partial charge >= 0.3 is 0 Å². The molecule has 0 radical (unpaired) electrons. The lowest BCUT2D eigenvalue weighted by Gasteiger charge is -2.19. The van der Waals surface area contributed by atoms with E-state index >= 15 is 0 Å². The number of furan rings is 1. The van der Waals surface area contributed by atoms with E-state index in [9.17, 15) is 9.50 Å². The summed E-state index contributed by atoms with van der Waals surface area (Å²) in [6.07, 6.45) is 1.43. The first-order valence-electron chi connectivity index (χ1n) is 5.45. The molecule has 16 heavy (non-hydrogen) atoms. The summed E-state index contributed by atoms with van der Waals surface area (Å²) in [5.41, 5.74) is -0.811. The molecular weight excluding hydrogens is 207 g/mol. The van der Waals surface area contributed by atoms with Gasteiger partial charge in [-0.1, -0.05) is 25.5 Å². The van der Waals surface area contributed by atoms with E-state index < -0.39 is 11.4 Å². The van der Waals surface area contributed by atoms with Crippen molar-refractivity contribution in [2.24, 2.45) is 0 Å². The number of para-hydroxylation sites is 1. The number of halogens is 1. The summed E-state index contributed by atoms with van der Waals surface area (Å²) in [4.78, 5) is 0. The Kier molecular flexibility index (Phi) is 2.72. The van der Waals surface area contributed by atoms with Crippen LogP contribution in [0.1, 0.15) is 32.4 Å². The molecule has 1 N–H and O–H groups in total. The molecule has 0 amide bonds. The predicted molar refractivity (Wildman–Crippen MR) is 60.7 cm³/mol. The molecule has 1 heterocycles. The smallest absolute Gasteiger partial charge is 0.170 e. The number of fused-ring (bicyclic) bond motifs is 1. The van der Waals surface area contributed by atoms with Crippen molar-refractivity contribution < 1.29 is 13.9 Å². The number of aliphatic hydroxyl groups is 1. The van der Waals surface area contributed by atoms with Crippen molar-refractivity contribution in [2.75, 3.05) is 0 Å². The molecule has 0 saturated heterocycles. The van der Waals surface area contributed by atoms with Gasteiger partial charge in [0, 0.05) is 5.39 Å². The molecular formula is C13H15FO2. The van der Waals surface area contributed by atoms with Crippen molar-refractivity contribution >= 4 is 11.0 Å². The minimum Gasteiger partial charge on any atom is -0.455 e. The van der Waals surface area contributed by atoms with Gasteiger partial charge in [-0.15, -0.1) is 0 Å². The van der Waals surface area contributed by atoms with Crippen molar-refractivity contribution in [2.45, 2.75) is 32.3 Å². The first-order valence-corrected chi connectivity index (χ1v) is 5.45. The molecule has 0 fully saturated rings. The zero-order chi connectivity index (χ0) is 11.8. The van der Waals surface area contributed by atoms with Crippen molar-refractivity contribution in [1.82, 2.24) is 0 Å². The van der Waals surface area contributed by atoms with Gasteiger partial charge in [0.2, 0.25) is 0 Å². The third-order valence-corrected chi connectivity index (χ3v) is 2.76. The summed E-state index contributed by atoms with van der Waals surface area (Å²) < 4.78 is 18.8. The fourth-order valence-electron chi connectivity index (χ4n) is 1.90. The quantitative estimate of drug-likeness (QED) is 0.861. The maximum Gasteiger partial charge on any atom is 0.170 e. The van der Waals surface area contributed by atoms with Crippen LogP contribution in [0.5, 0.6) is 0 Å². The van der Waals surface area contributed by atoms with Crippen LogP contribution in [-0.2, 0) is 5.60 Å². The molecule has 3 heteroatoms. The van der Waals surface area contributed by atoms with E-state index in [1.807, 2.05) is 6.92 Å². The molecule has 86 valence electrons. The Labute approximate surface area is 93.7 Å². The van der Waals surface area contributed by atoms with Crippen LogP contribution < -0.4 is 0 Å². The standard InChI is InChI=1S/C13H15FO2/c1-3-7-13(2,15)11-8-9-5-4-6-10(14)12(9)16-11/h4-6,8,15H,3,7H2,1-2H3. The average molecular weight is 222 g/mol. The average Bonchev–Trinajstić information content (AvgIpc) is 2.63. The second kappa shape index (κ2) is 3.91. The fraction of sp³-hybridized carbons (Fsp3) is 0.385. The van der Waals surface area contributed by atoms with Crippen molar-refractivity contribution in [1.29, 1.82) is 0 Å². The summed E-state index contributed by atoms with van der Waals surface area (Å²) in [5, 5.41) is 10.8. The van der Waals surface area contributed by atoms with Crippen LogP contribution in [0, 0.1) is 5.82 Å². The van der Waals surface area contributed by atoms with Crippen molar-refractivity contribution in [3.63, 3.8) is 0 Å². The van der Waals surface area contributed by atoms with Gasteiger partial charge in [0.15, 0.2) is 11.4 Å². The Hall–Kier alpha value is -1.35. The summed E-state index contributed by atoms with van der Waals surface area (Å²) in [5.74, 6) is 0.0329. The molecule has 0 aliphatic heterocycles. The maximum absolute atomic E-state index is 13.4. The van der Waals surface area contributed by atoms with Crippen molar-refractivity contribution in [3.8, 4) is 0 Å². The minimum absolute atomic E-state index is 0.217. The van der Waals surface area contributed by atoms with Gasteiger partial charge in [0.1, 0.15) is 11.4 Å². The molecule has 1 aromatic carbocycles. The highest BCUT2D eigenvalue weighted by Gasteiger charge is 2.26. The van der Waals surface area contributed by atoms with Crippen LogP contribution in [-0.4, -0.2) is 5.11 Å². The second-order valence-corrected chi connectivity index (χ2v) is 4.29. The minimum atomic E-state index is -1.03. The van der Waals surface area contributed by atoms with Gasteiger partial charge in [0.05, 0.1) is 0 Å². The van der Waals surface area contributed by atoms with Gasteiger partial charge in [0.25, 0.3) is 0 Å². The van der Waals surface area contributed by atoms with Crippen LogP contribution >= 0.6 is 0 Å². The molecule has 0 bridgehead atoms. The molecule has 0 aliphatic carbocycles. The Morgan fingerprint density at radius 1 is 1.44 bits per heavy atom. The lowest BCUT2D eigenvalue weighted by Crippen LogP contribution is -2.19. The van der Waals surface area contributed by atoms with E-state index in [2.05, 4.69) is 0 Å². The highest BCUT2D eigenvalue weighted by molar-refractivity contribution is 5.78. The zero-order valence-corrected chi connectivity index (χ0v) is 9.46. The van der Waals surface area contributed by atoms with E-state index in [-0.39, 0.29) is 5.58 Å². The van der Waals surface area contributed by atoms with Crippen LogP contribution in [0.4, 0.5) is 4.39 Å². The lowest BCUT2D eigenvalue weighted by molar-refractivity contribution is 0.0260. The van der Waals surface area contributed by atoms with Gasteiger partial charge in [-0.2, -0.15) is 0 Å². The van der Waals surface area contributed by atoms with Crippen LogP contribution in [0.25, 0.3) is 11.0 Å². The Balaban J connectivity index is 2.51. The van der Waals surface area contributed by atoms with Crippen molar-refractivity contribution in [3.05, 3.63) is 35.8 Å². The number of hydrogen-bond donors (Lipinski definition) is 1. The normalized spacial score (nSPS) is 15.2. The van der Waals surface area contributed by atoms with Gasteiger partial charge < -0.3 is 9.52 Å². The predicted octanol–water partition coefficient (Wildman–Crippen LogP) is 3.58. The Bertz CT molecular complexity index is 500. The molecule has 0 aliphatic rings. The summed E-state index contributed by atoms with van der Waals surface area (Å²) >= 11 is 0. The van der Waals surface area contributed by atoms with E-state index in [4.69, 9.17) is 4.42 Å². The second-order valence-electron chi connectivity index (χ2n) is 4.29. The number of hydrogen-bond acceptors (Lipinski definition) is 2. The van der Waals surface area contributed by atoms with Gasteiger partial charge in [-0.05, 0) is 25.5 Å². The van der Waals surface area contributed by atoms with E-state index in [0.717, 1.165) is 6.42 Å². The molecule has 2 nitrogen and oxygen atoms in total. The maximum atomic E-state index is 13.4. The van der Waals surface area contributed by atoms with Crippen LogP contribution in [0.3, 0.4) is 0 Å². The highest BCUT2D eigenvalue weighted by Crippen LogP contribution is 2.31. The van der Waals surface area contributed by atoms with Crippen LogP contribution in [0.2, 0.25) is 0 Å². The summed E-state index contributed by atoms with van der Waals surface area (Å²) in [6, 6.07) is 6.46. The SMILES string of the molecule is CCCC(C)(O)c1cc2cccc(F)c2o1. The Morgan fingerprint density at radius 2 is 2.19 bits per heavy atom. The number of benzene rings is 1. The molecule has 1 unspecified atom stereocenters. The molecule has 1 aromatic heterocycles.